The highest BCUT2D eigenvalue weighted by atomic mass is 35.5. The third-order valence-corrected chi connectivity index (χ3v) is 6.92. The maximum absolute atomic E-state index is 13.2. The van der Waals surface area contributed by atoms with E-state index in [-0.39, 0.29) is 34.2 Å². The predicted octanol–water partition coefficient (Wildman–Crippen LogP) is 5.85. The van der Waals surface area contributed by atoms with E-state index in [2.05, 4.69) is 27.1 Å². The lowest BCUT2D eigenvalue weighted by molar-refractivity contribution is -0.169. The number of hydrogen-bond acceptors (Lipinski definition) is 6. The molecule has 1 atom stereocenters. The van der Waals surface area contributed by atoms with Gasteiger partial charge in [0.15, 0.2) is 5.69 Å². The lowest BCUT2D eigenvalue weighted by atomic mass is 9.83. The van der Waals surface area contributed by atoms with E-state index in [4.69, 9.17) is 20.0 Å². The van der Waals surface area contributed by atoms with Gasteiger partial charge in [0, 0.05) is 37.5 Å². The Balaban J connectivity index is 0.00000170. The second-order valence-corrected chi connectivity index (χ2v) is 9.94. The molecule has 2 aromatic rings. The summed E-state index contributed by atoms with van der Waals surface area (Å²) in [6.45, 7) is 2.38. The number of carbonyl (C=O) groups excluding carboxylic acids is 1. The first-order chi connectivity index (χ1) is 18.3. The zero-order chi connectivity index (χ0) is 29.3. The summed E-state index contributed by atoms with van der Waals surface area (Å²) in [4.78, 5) is 16.9. The van der Waals surface area contributed by atoms with Crippen LogP contribution in [-0.4, -0.2) is 48.4 Å². The molecule has 1 amide bonds. The second kappa shape index (κ2) is 14.7. The Bertz CT molecular complexity index is 1150. The molecule has 1 unspecified atom stereocenters. The normalized spacial score (nSPS) is 18.2. The van der Waals surface area contributed by atoms with E-state index in [1.54, 1.807) is 6.92 Å². The van der Waals surface area contributed by atoms with Crippen LogP contribution < -0.4 is 10.1 Å². The van der Waals surface area contributed by atoms with Crippen molar-refractivity contribution in [1.82, 2.24) is 20.1 Å². The van der Waals surface area contributed by atoms with Gasteiger partial charge in [-0.3, -0.25) is 14.5 Å². The van der Waals surface area contributed by atoms with Crippen molar-refractivity contribution in [2.24, 2.45) is 17.8 Å². The fourth-order valence-corrected chi connectivity index (χ4v) is 4.64. The van der Waals surface area contributed by atoms with Crippen molar-refractivity contribution >= 4 is 29.1 Å². The van der Waals surface area contributed by atoms with Crippen molar-refractivity contribution in [2.75, 3.05) is 6.54 Å². The molecule has 0 spiro atoms. The molecule has 0 bridgehead atoms. The zero-order valence-corrected chi connectivity index (χ0v) is 23.1. The van der Waals surface area contributed by atoms with Gasteiger partial charge < -0.3 is 10.1 Å². The number of halogens is 6. The summed E-state index contributed by atoms with van der Waals surface area (Å²) in [5.74, 6) is -1.59. The van der Waals surface area contributed by atoms with Gasteiger partial charge in [0.05, 0.1) is 22.2 Å². The molecular formula is C24H30ClF5N4O4S. The predicted molar refractivity (Wildman–Crippen MR) is 134 cm³/mol. The number of amides is 1. The molecular weight excluding hydrogens is 571 g/mol. The number of nitrogens with one attached hydrogen (secondary N) is 1. The van der Waals surface area contributed by atoms with Crippen LogP contribution in [0.15, 0.2) is 12.3 Å². The minimum atomic E-state index is -4.47. The van der Waals surface area contributed by atoms with Gasteiger partial charge in [-0.25, -0.2) is 0 Å². The molecule has 1 aliphatic rings. The molecule has 2 heterocycles. The standard InChI is InChI=1S/C24H30ClF5N4O2.O2S/c1-4-34-21(19(25)20(33-34)22(35)32-11-15-7-5-13(2)6-8-15)17-12-31-16(9-14(3)24(28,29)30)10-18(17)36-23(26)27;1-3-2/h10,12-15,23H,4-9,11H2,1-3H3,(H,32,35);. The average Bonchev–Trinajstić information content (AvgIpc) is 3.19. The van der Waals surface area contributed by atoms with Gasteiger partial charge in [-0.05, 0) is 31.6 Å². The lowest BCUT2D eigenvalue weighted by Crippen LogP contribution is -2.31. The number of carbonyl (C=O) groups is 1. The van der Waals surface area contributed by atoms with Gasteiger partial charge in [0.1, 0.15) is 5.75 Å². The number of pyridine rings is 1. The van der Waals surface area contributed by atoms with Gasteiger partial charge in [-0.2, -0.15) is 35.5 Å². The number of aryl methyl sites for hydroxylation is 1. The first-order valence-corrected chi connectivity index (χ1v) is 13.3. The maximum Gasteiger partial charge on any atom is 0.391 e. The SMILES string of the molecule is CCn1nc(C(=O)NCC2CCC(C)CC2)c(Cl)c1-c1cnc(CC(C)C(F)(F)F)cc1OC(F)F.O=S=O. The molecule has 1 fully saturated rings. The minimum absolute atomic E-state index is 0.00150. The van der Waals surface area contributed by atoms with Crippen LogP contribution >= 0.6 is 11.6 Å². The van der Waals surface area contributed by atoms with E-state index in [0.29, 0.717) is 18.4 Å². The molecule has 0 radical (unpaired) electrons. The van der Waals surface area contributed by atoms with Crippen molar-refractivity contribution in [3.8, 4) is 17.0 Å². The highest BCUT2D eigenvalue weighted by Crippen LogP contribution is 2.38. The van der Waals surface area contributed by atoms with E-state index >= 15 is 0 Å². The molecule has 3 rings (SSSR count). The third-order valence-electron chi connectivity index (χ3n) is 6.56. The molecule has 15 heteroatoms. The molecule has 0 aromatic carbocycles. The zero-order valence-electron chi connectivity index (χ0n) is 21.6. The molecule has 1 saturated carbocycles. The monoisotopic (exact) mass is 600 g/mol. The molecule has 39 heavy (non-hydrogen) atoms. The highest BCUT2D eigenvalue weighted by Gasteiger charge is 2.36. The quantitative estimate of drug-likeness (QED) is 0.362. The summed E-state index contributed by atoms with van der Waals surface area (Å²) in [5, 5.41) is 7.04. The summed E-state index contributed by atoms with van der Waals surface area (Å²) in [5.41, 5.74) is -0.0269. The number of nitrogens with zero attached hydrogens (tertiary/aromatic N) is 3. The Kier molecular flexibility index (Phi) is 12.3. The number of alkyl halides is 5. The van der Waals surface area contributed by atoms with Crippen molar-refractivity contribution in [2.45, 2.75) is 72.2 Å². The first-order valence-electron chi connectivity index (χ1n) is 12.3. The van der Waals surface area contributed by atoms with E-state index in [0.717, 1.165) is 44.9 Å². The van der Waals surface area contributed by atoms with Crippen molar-refractivity contribution < 1.29 is 39.9 Å². The third kappa shape index (κ3) is 9.23. The largest absolute Gasteiger partial charge is 0.434 e. The smallest absolute Gasteiger partial charge is 0.391 e. The van der Waals surface area contributed by atoms with E-state index in [1.807, 2.05) is 0 Å². The van der Waals surface area contributed by atoms with Crippen LogP contribution in [0.1, 0.15) is 62.6 Å². The fraction of sp³-hybridized carbons (Fsp3) is 0.625. The Morgan fingerprint density at radius 2 is 1.87 bits per heavy atom. The topological polar surface area (TPSA) is 103 Å². The van der Waals surface area contributed by atoms with E-state index in [1.165, 1.54) is 4.68 Å². The molecule has 1 aliphatic carbocycles. The number of ether oxygens (including phenoxy) is 1. The summed E-state index contributed by atoms with van der Waals surface area (Å²) in [6, 6.07) is 1.04. The van der Waals surface area contributed by atoms with Crippen LogP contribution in [0.25, 0.3) is 11.3 Å². The van der Waals surface area contributed by atoms with Crippen molar-refractivity contribution in [1.29, 1.82) is 0 Å². The number of aromatic nitrogens is 3. The average molecular weight is 601 g/mol. The molecule has 2 aromatic heterocycles. The second-order valence-electron chi connectivity index (χ2n) is 9.43. The Morgan fingerprint density at radius 1 is 1.26 bits per heavy atom. The van der Waals surface area contributed by atoms with Crippen LogP contribution in [0.4, 0.5) is 22.0 Å². The van der Waals surface area contributed by atoms with Gasteiger partial charge in [0.2, 0.25) is 0 Å². The summed E-state index contributed by atoms with van der Waals surface area (Å²) in [7, 11) is 0. The van der Waals surface area contributed by atoms with Gasteiger partial charge in [-0.1, -0.05) is 38.3 Å². The van der Waals surface area contributed by atoms with Crippen molar-refractivity contribution in [3.63, 3.8) is 0 Å². The van der Waals surface area contributed by atoms with Gasteiger partial charge in [0.25, 0.3) is 5.91 Å². The highest BCUT2D eigenvalue weighted by molar-refractivity contribution is 7.51. The van der Waals surface area contributed by atoms with Crippen LogP contribution in [-0.2, 0) is 24.5 Å². The van der Waals surface area contributed by atoms with Crippen LogP contribution in [0.2, 0.25) is 5.02 Å². The molecule has 1 N–H and O–H groups in total. The Morgan fingerprint density at radius 3 is 2.41 bits per heavy atom. The maximum atomic E-state index is 13.2. The van der Waals surface area contributed by atoms with Crippen LogP contribution in [0.5, 0.6) is 5.75 Å². The summed E-state index contributed by atoms with van der Waals surface area (Å²) in [6.07, 6.45) is 0.383. The van der Waals surface area contributed by atoms with E-state index < -0.39 is 48.4 Å². The van der Waals surface area contributed by atoms with Crippen LogP contribution in [0, 0.1) is 17.8 Å². The van der Waals surface area contributed by atoms with E-state index in [9.17, 15) is 26.7 Å². The summed E-state index contributed by atoms with van der Waals surface area (Å²) < 4.78 is 87.8. The molecule has 8 nitrogen and oxygen atoms in total. The Labute approximate surface area is 231 Å². The lowest BCUT2D eigenvalue weighted by Gasteiger charge is -2.26. The van der Waals surface area contributed by atoms with Crippen LogP contribution in [0.3, 0.4) is 0 Å². The minimum Gasteiger partial charge on any atom is -0.434 e. The molecule has 0 saturated heterocycles. The fourth-order valence-electron chi connectivity index (χ4n) is 4.32. The van der Waals surface area contributed by atoms with Gasteiger partial charge >= 0.3 is 24.4 Å². The number of rotatable bonds is 9. The summed E-state index contributed by atoms with van der Waals surface area (Å²) >= 11 is 5.76. The first kappa shape index (κ1) is 32.6. The van der Waals surface area contributed by atoms with Gasteiger partial charge in [-0.15, -0.1) is 0 Å². The van der Waals surface area contributed by atoms with Crippen molar-refractivity contribution in [3.05, 3.63) is 28.7 Å². The Hall–Kier alpha value is -2.61. The number of hydrogen-bond donors (Lipinski definition) is 1. The molecule has 0 aliphatic heterocycles. The molecule has 218 valence electrons.